The molecule has 0 spiro atoms. The molecule has 5 nitrogen and oxygen atoms in total. The van der Waals surface area contributed by atoms with Crippen molar-refractivity contribution in [1.82, 2.24) is 14.9 Å². The van der Waals surface area contributed by atoms with Crippen molar-refractivity contribution in [2.75, 3.05) is 18.0 Å². The number of amides is 1. The summed E-state index contributed by atoms with van der Waals surface area (Å²) in [5.74, 6) is 1.20. The lowest BCUT2D eigenvalue weighted by Crippen LogP contribution is -2.42. The van der Waals surface area contributed by atoms with Gasteiger partial charge in [0.2, 0.25) is 11.9 Å². The molecule has 34 heavy (non-hydrogen) atoms. The number of aryl methyl sites for hydroxylation is 1. The number of aromatic nitrogens is 2. The molecule has 2 heterocycles. The number of fused-ring (bicyclic) bond motifs is 1. The van der Waals surface area contributed by atoms with E-state index in [2.05, 4.69) is 83.2 Å². The molecule has 0 saturated carbocycles. The Morgan fingerprint density at radius 1 is 0.971 bits per heavy atom. The van der Waals surface area contributed by atoms with Crippen molar-refractivity contribution in [2.45, 2.75) is 39.3 Å². The summed E-state index contributed by atoms with van der Waals surface area (Å²) in [6.45, 7) is 6.66. The van der Waals surface area contributed by atoms with Crippen molar-refractivity contribution in [3.8, 4) is 0 Å². The van der Waals surface area contributed by atoms with Crippen LogP contribution < -0.4 is 10.2 Å². The Bertz CT molecular complexity index is 1270. The molecule has 1 saturated heterocycles. The fourth-order valence-corrected chi connectivity index (χ4v) is 4.92. The fraction of sp³-hybridized carbons (Fsp3) is 0.310. The van der Waals surface area contributed by atoms with Crippen LogP contribution in [0.2, 0.25) is 0 Å². The van der Waals surface area contributed by atoms with E-state index >= 15 is 0 Å². The monoisotopic (exact) mass is 452 g/mol. The molecule has 0 unspecified atom stereocenters. The van der Waals surface area contributed by atoms with Gasteiger partial charge in [-0.05, 0) is 55.5 Å². The third-order valence-corrected chi connectivity index (χ3v) is 7.03. The van der Waals surface area contributed by atoms with Crippen LogP contribution in [-0.2, 0) is 11.3 Å². The smallest absolute Gasteiger partial charge is 0.223 e. The number of benzene rings is 3. The molecule has 1 aliphatic rings. The summed E-state index contributed by atoms with van der Waals surface area (Å²) in [7, 11) is 0. The van der Waals surface area contributed by atoms with Crippen LogP contribution in [0.1, 0.15) is 42.5 Å². The molecule has 4 aromatic rings. The minimum atomic E-state index is 0.0186. The predicted molar refractivity (Wildman–Crippen MR) is 138 cm³/mol. The maximum absolute atomic E-state index is 13.0. The Morgan fingerprint density at radius 3 is 2.41 bits per heavy atom. The number of imidazole rings is 1. The zero-order valence-electron chi connectivity index (χ0n) is 19.9. The first kappa shape index (κ1) is 22.2. The molecule has 0 bridgehead atoms. The topological polar surface area (TPSA) is 50.2 Å². The van der Waals surface area contributed by atoms with E-state index in [-0.39, 0.29) is 17.9 Å². The minimum Gasteiger partial charge on any atom is -0.349 e. The average Bonchev–Trinajstić information content (AvgIpc) is 3.24. The normalized spacial score (nSPS) is 15.4. The highest BCUT2D eigenvalue weighted by Gasteiger charge is 2.28. The van der Waals surface area contributed by atoms with Gasteiger partial charge in [-0.1, -0.05) is 66.7 Å². The second-order valence-corrected chi connectivity index (χ2v) is 9.32. The van der Waals surface area contributed by atoms with Crippen molar-refractivity contribution < 1.29 is 4.79 Å². The van der Waals surface area contributed by atoms with E-state index < -0.39 is 0 Å². The maximum Gasteiger partial charge on any atom is 0.223 e. The second-order valence-electron chi connectivity index (χ2n) is 9.32. The molecular formula is C29H32N4O. The zero-order valence-corrected chi connectivity index (χ0v) is 19.9. The van der Waals surface area contributed by atoms with E-state index in [0.717, 1.165) is 55.0 Å². The van der Waals surface area contributed by atoms with Crippen LogP contribution in [-0.4, -0.2) is 28.5 Å². The number of nitrogens with zero attached hydrogens (tertiary/aromatic N) is 3. The molecule has 1 N–H and O–H groups in total. The first-order valence-electron chi connectivity index (χ1n) is 12.2. The molecular weight excluding hydrogens is 420 g/mol. The van der Waals surface area contributed by atoms with Crippen molar-refractivity contribution in [3.05, 3.63) is 95.6 Å². The van der Waals surface area contributed by atoms with Gasteiger partial charge in [-0.15, -0.1) is 0 Å². The summed E-state index contributed by atoms with van der Waals surface area (Å²) in [6, 6.07) is 27.1. The standard InChI is InChI=1S/C29H32N4O/c1-21-10-6-7-13-25(21)20-33-27-15-9-8-14-26(27)31-29(33)32-18-16-24(17-19-32)28(34)30-22(2)23-11-4-3-5-12-23/h3-15,22,24H,16-20H2,1-2H3,(H,30,34)/t22-/m0/s1. The van der Waals surface area contributed by atoms with Crippen LogP contribution in [0.15, 0.2) is 78.9 Å². The van der Waals surface area contributed by atoms with Gasteiger partial charge in [-0.2, -0.15) is 0 Å². The summed E-state index contributed by atoms with van der Waals surface area (Å²) in [4.78, 5) is 20.3. The van der Waals surface area contributed by atoms with Crippen LogP contribution >= 0.6 is 0 Å². The van der Waals surface area contributed by atoms with Gasteiger partial charge in [0.05, 0.1) is 23.6 Å². The summed E-state index contributed by atoms with van der Waals surface area (Å²) >= 11 is 0. The number of rotatable bonds is 6. The molecule has 0 aliphatic carbocycles. The SMILES string of the molecule is Cc1ccccc1Cn1c(N2CCC(C(=O)N[C@@H](C)c3ccccc3)CC2)nc2ccccc21. The van der Waals surface area contributed by atoms with Gasteiger partial charge < -0.3 is 14.8 Å². The second kappa shape index (κ2) is 9.72. The molecule has 1 aliphatic heterocycles. The Morgan fingerprint density at radius 2 is 1.65 bits per heavy atom. The van der Waals surface area contributed by atoms with E-state index in [0.29, 0.717) is 0 Å². The van der Waals surface area contributed by atoms with Crippen LogP contribution in [0, 0.1) is 12.8 Å². The van der Waals surface area contributed by atoms with Crippen LogP contribution in [0.4, 0.5) is 5.95 Å². The highest BCUT2D eigenvalue weighted by atomic mass is 16.1. The van der Waals surface area contributed by atoms with Crippen molar-refractivity contribution >= 4 is 22.9 Å². The minimum absolute atomic E-state index is 0.0186. The molecule has 174 valence electrons. The number of nitrogens with one attached hydrogen (secondary N) is 1. The summed E-state index contributed by atoms with van der Waals surface area (Å²) in [6.07, 6.45) is 1.67. The predicted octanol–water partition coefficient (Wildman–Crippen LogP) is 5.49. The molecule has 0 radical (unpaired) electrons. The van der Waals surface area contributed by atoms with Gasteiger partial charge in [0.1, 0.15) is 0 Å². The van der Waals surface area contributed by atoms with Crippen molar-refractivity contribution in [3.63, 3.8) is 0 Å². The fourth-order valence-electron chi connectivity index (χ4n) is 4.92. The molecule has 1 aromatic heterocycles. The lowest BCUT2D eigenvalue weighted by molar-refractivity contribution is -0.126. The van der Waals surface area contributed by atoms with Crippen LogP contribution in [0.5, 0.6) is 0 Å². The number of hydrogen-bond donors (Lipinski definition) is 1. The Hall–Kier alpha value is -3.60. The highest BCUT2D eigenvalue weighted by Crippen LogP contribution is 2.29. The summed E-state index contributed by atoms with van der Waals surface area (Å²) < 4.78 is 2.33. The molecule has 3 aromatic carbocycles. The van der Waals surface area contributed by atoms with E-state index in [4.69, 9.17) is 4.98 Å². The number of para-hydroxylation sites is 2. The average molecular weight is 453 g/mol. The number of anilines is 1. The maximum atomic E-state index is 13.0. The lowest BCUT2D eigenvalue weighted by Gasteiger charge is -2.33. The Labute approximate surface area is 201 Å². The van der Waals surface area contributed by atoms with Gasteiger partial charge >= 0.3 is 0 Å². The van der Waals surface area contributed by atoms with Crippen LogP contribution in [0.3, 0.4) is 0 Å². The third kappa shape index (κ3) is 4.56. The molecule has 5 heteroatoms. The molecule has 1 amide bonds. The Balaban J connectivity index is 1.31. The van der Waals surface area contributed by atoms with E-state index in [1.165, 1.54) is 11.1 Å². The van der Waals surface area contributed by atoms with Crippen LogP contribution in [0.25, 0.3) is 11.0 Å². The van der Waals surface area contributed by atoms with Gasteiger partial charge in [-0.3, -0.25) is 4.79 Å². The van der Waals surface area contributed by atoms with Gasteiger partial charge in [0, 0.05) is 19.0 Å². The van der Waals surface area contributed by atoms with E-state index in [1.54, 1.807) is 0 Å². The molecule has 1 atom stereocenters. The first-order valence-corrected chi connectivity index (χ1v) is 12.2. The van der Waals surface area contributed by atoms with Gasteiger partial charge in [-0.25, -0.2) is 4.98 Å². The largest absolute Gasteiger partial charge is 0.349 e. The lowest BCUT2D eigenvalue weighted by atomic mass is 9.95. The van der Waals surface area contributed by atoms with Gasteiger partial charge in [0.25, 0.3) is 0 Å². The van der Waals surface area contributed by atoms with E-state index in [1.807, 2.05) is 24.3 Å². The number of hydrogen-bond acceptors (Lipinski definition) is 3. The third-order valence-electron chi connectivity index (χ3n) is 7.03. The first-order chi connectivity index (χ1) is 16.6. The highest BCUT2D eigenvalue weighted by molar-refractivity contribution is 5.80. The van der Waals surface area contributed by atoms with Crippen molar-refractivity contribution in [2.24, 2.45) is 5.92 Å². The van der Waals surface area contributed by atoms with Crippen molar-refractivity contribution in [1.29, 1.82) is 0 Å². The summed E-state index contributed by atoms with van der Waals surface area (Å²) in [5, 5.41) is 3.21. The molecule has 5 rings (SSSR count). The number of carbonyl (C=O) groups is 1. The van der Waals surface area contributed by atoms with E-state index in [9.17, 15) is 4.79 Å². The number of piperidine rings is 1. The zero-order chi connectivity index (χ0) is 23.5. The molecule has 1 fully saturated rings. The quantitative estimate of drug-likeness (QED) is 0.421. The number of carbonyl (C=O) groups excluding carboxylic acids is 1. The Kier molecular flexibility index (Phi) is 6.35. The van der Waals surface area contributed by atoms with Gasteiger partial charge in [0.15, 0.2) is 0 Å². The summed E-state index contributed by atoms with van der Waals surface area (Å²) in [5.41, 5.74) is 5.89.